The van der Waals surface area contributed by atoms with Gasteiger partial charge in [0.05, 0.1) is 35.9 Å². The minimum atomic E-state index is -0.288. The van der Waals surface area contributed by atoms with Crippen LogP contribution in [0.5, 0.6) is 17.2 Å². The number of rotatable bonds is 10. The topological polar surface area (TPSA) is 74.9 Å². The number of nitrogens with zero attached hydrogens (tertiary/aromatic N) is 3. The molecule has 1 heterocycles. The van der Waals surface area contributed by atoms with Crippen molar-refractivity contribution in [1.82, 2.24) is 9.66 Å². The molecule has 0 aliphatic rings. The minimum absolute atomic E-state index is 0.188. The zero-order valence-electron chi connectivity index (χ0n) is 25.5. The van der Waals surface area contributed by atoms with Gasteiger partial charge < -0.3 is 14.2 Å². The van der Waals surface area contributed by atoms with Crippen molar-refractivity contribution in [2.45, 2.75) is 40.2 Å². The lowest BCUT2D eigenvalue weighted by molar-refractivity contribution is 0.269. The third kappa shape index (κ3) is 7.11. The minimum Gasteiger partial charge on any atom is -0.496 e. The fourth-order valence-corrected chi connectivity index (χ4v) is 6.39. The van der Waals surface area contributed by atoms with Crippen molar-refractivity contribution in [2.75, 3.05) is 13.7 Å². The Bertz CT molecular complexity index is 1970. The summed E-state index contributed by atoms with van der Waals surface area (Å²) in [6.45, 7) is 8.74. The quantitative estimate of drug-likeness (QED) is 0.133. The molecule has 0 bridgehead atoms. The molecule has 10 heteroatoms. The monoisotopic (exact) mass is 751 g/mol. The van der Waals surface area contributed by atoms with Gasteiger partial charge in [0.15, 0.2) is 17.3 Å². The van der Waals surface area contributed by atoms with Crippen LogP contribution in [0.4, 0.5) is 0 Å². The third-order valence-electron chi connectivity index (χ3n) is 7.23. The van der Waals surface area contributed by atoms with Crippen molar-refractivity contribution in [3.8, 4) is 28.6 Å². The van der Waals surface area contributed by atoms with Crippen molar-refractivity contribution in [2.24, 2.45) is 5.10 Å². The lowest BCUT2D eigenvalue weighted by Gasteiger charge is -2.17. The molecular formula is C35H32Br2ClN3O4. The molecule has 0 amide bonds. The van der Waals surface area contributed by atoms with E-state index in [-0.39, 0.29) is 18.1 Å². The van der Waals surface area contributed by atoms with Gasteiger partial charge in [-0.2, -0.15) is 9.78 Å². The van der Waals surface area contributed by atoms with Crippen molar-refractivity contribution >= 4 is 60.6 Å². The average molecular weight is 754 g/mol. The van der Waals surface area contributed by atoms with Gasteiger partial charge in [0.2, 0.25) is 0 Å². The molecule has 5 rings (SSSR count). The highest BCUT2D eigenvalue weighted by Crippen LogP contribution is 2.38. The highest BCUT2D eigenvalue weighted by molar-refractivity contribution is 9.11. The van der Waals surface area contributed by atoms with Gasteiger partial charge in [-0.15, -0.1) is 0 Å². The molecule has 0 unspecified atom stereocenters. The first-order valence-electron chi connectivity index (χ1n) is 14.4. The van der Waals surface area contributed by atoms with Gasteiger partial charge in [-0.05, 0) is 85.0 Å². The Balaban J connectivity index is 1.59. The standard InChI is InChI=1S/C35H32Br2ClN3O4/c1-6-44-32-15-22(14-29(38)33(32)45-19-23-11-12-24(36)16-28(23)37)18-39-41-34(40-30-10-8-7-9-25(30)35(41)42)27-17-26(20(2)3)31(43-5)13-21(27)4/h7-18,20H,6,19H2,1-5H3. The number of ether oxygens (including phenoxy) is 3. The average Bonchev–Trinajstić information content (AvgIpc) is 3.01. The van der Waals surface area contributed by atoms with E-state index in [1.165, 1.54) is 4.68 Å². The first-order chi connectivity index (χ1) is 21.6. The molecule has 0 spiro atoms. The number of halogens is 3. The Morgan fingerprint density at radius 3 is 2.51 bits per heavy atom. The van der Waals surface area contributed by atoms with Crippen LogP contribution in [0.1, 0.15) is 48.9 Å². The predicted molar refractivity (Wildman–Crippen MR) is 189 cm³/mol. The van der Waals surface area contributed by atoms with Crippen LogP contribution in [0.25, 0.3) is 22.3 Å². The second kappa shape index (κ2) is 14.2. The van der Waals surface area contributed by atoms with E-state index < -0.39 is 0 Å². The SMILES string of the molecule is CCOc1cc(C=Nn2c(-c3cc(C(C)C)c(OC)cc3C)nc3ccccc3c2=O)cc(Cl)c1OCc1ccc(Br)cc1Br. The number of aryl methyl sites for hydroxylation is 1. The van der Waals surface area contributed by atoms with E-state index in [4.69, 9.17) is 30.8 Å². The number of aromatic nitrogens is 2. The van der Waals surface area contributed by atoms with Gasteiger partial charge >= 0.3 is 0 Å². The van der Waals surface area contributed by atoms with Gasteiger partial charge in [-0.1, -0.05) is 75.5 Å². The molecule has 1 aromatic heterocycles. The second-order valence-corrected chi connectivity index (χ2v) is 12.8. The molecule has 0 saturated heterocycles. The molecule has 0 radical (unpaired) electrons. The van der Waals surface area contributed by atoms with Crippen LogP contribution in [-0.4, -0.2) is 29.6 Å². The maximum atomic E-state index is 13.9. The summed E-state index contributed by atoms with van der Waals surface area (Å²) in [6.07, 6.45) is 1.58. The number of fused-ring (bicyclic) bond motifs is 1. The van der Waals surface area contributed by atoms with E-state index in [9.17, 15) is 4.79 Å². The Hall–Kier alpha value is -3.66. The first kappa shape index (κ1) is 32.7. The summed E-state index contributed by atoms with van der Waals surface area (Å²) in [7, 11) is 1.66. The fourth-order valence-electron chi connectivity index (χ4n) is 4.95. The zero-order chi connectivity index (χ0) is 32.2. The van der Waals surface area contributed by atoms with Crippen LogP contribution in [0, 0.1) is 6.92 Å². The number of hydrogen-bond acceptors (Lipinski definition) is 6. The number of methoxy groups -OCH3 is 1. The maximum Gasteiger partial charge on any atom is 0.282 e. The van der Waals surface area contributed by atoms with Gasteiger partial charge in [-0.3, -0.25) is 4.79 Å². The summed E-state index contributed by atoms with van der Waals surface area (Å²) in [5.41, 5.74) is 4.58. The molecule has 7 nitrogen and oxygen atoms in total. The zero-order valence-corrected chi connectivity index (χ0v) is 29.5. The Morgan fingerprint density at radius 1 is 1.02 bits per heavy atom. The van der Waals surface area contributed by atoms with E-state index >= 15 is 0 Å². The molecule has 0 aliphatic carbocycles. The summed E-state index contributed by atoms with van der Waals surface area (Å²) in [5, 5.41) is 5.48. The van der Waals surface area contributed by atoms with Crippen LogP contribution >= 0.6 is 43.5 Å². The van der Waals surface area contributed by atoms with Crippen LogP contribution in [-0.2, 0) is 6.61 Å². The van der Waals surface area contributed by atoms with E-state index in [0.717, 1.165) is 36.9 Å². The van der Waals surface area contributed by atoms with Crippen LogP contribution < -0.4 is 19.8 Å². The van der Waals surface area contributed by atoms with Gasteiger partial charge in [0.1, 0.15) is 12.4 Å². The molecule has 0 N–H and O–H groups in total. The van der Waals surface area contributed by atoms with Gasteiger partial charge in [0, 0.05) is 20.1 Å². The lowest BCUT2D eigenvalue weighted by Crippen LogP contribution is -2.20. The largest absolute Gasteiger partial charge is 0.496 e. The normalized spacial score (nSPS) is 11.5. The van der Waals surface area contributed by atoms with E-state index in [1.807, 2.05) is 62.4 Å². The first-order valence-corrected chi connectivity index (χ1v) is 16.4. The molecular weight excluding hydrogens is 722 g/mol. The molecule has 232 valence electrons. The molecule has 45 heavy (non-hydrogen) atoms. The molecule has 0 atom stereocenters. The van der Waals surface area contributed by atoms with E-state index in [2.05, 4.69) is 50.8 Å². The summed E-state index contributed by atoms with van der Waals surface area (Å²) in [5.74, 6) is 2.29. The van der Waals surface area contributed by atoms with Gasteiger partial charge in [-0.25, -0.2) is 4.98 Å². The highest BCUT2D eigenvalue weighted by atomic mass is 79.9. The molecule has 4 aromatic carbocycles. The van der Waals surface area contributed by atoms with E-state index in [0.29, 0.717) is 45.4 Å². The molecule has 0 aliphatic heterocycles. The predicted octanol–water partition coefficient (Wildman–Crippen LogP) is 9.54. The fraction of sp³-hybridized carbons (Fsp3) is 0.229. The highest BCUT2D eigenvalue weighted by Gasteiger charge is 2.19. The third-order valence-corrected chi connectivity index (χ3v) is 8.75. The second-order valence-electron chi connectivity index (χ2n) is 10.7. The van der Waals surface area contributed by atoms with Gasteiger partial charge in [0.25, 0.3) is 5.56 Å². The number of benzene rings is 4. The summed E-state index contributed by atoms with van der Waals surface area (Å²) >= 11 is 13.8. The molecule has 0 fully saturated rings. The van der Waals surface area contributed by atoms with Crippen LogP contribution in [0.2, 0.25) is 5.02 Å². The number of hydrogen-bond donors (Lipinski definition) is 0. The van der Waals surface area contributed by atoms with Crippen LogP contribution in [0.15, 0.2) is 85.6 Å². The van der Waals surface area contributed by atoms with E-state index in [1.54, 1.807) is 31.5 Å². The molecule has 0 saturated carbocycles. The van der Waals surface area contributed by atoms with Crippen molar-refractivity contribution in [1.29, 1.82) is 0 Å². The van der Waals surface area contributed by atoms with Crippen LogP contribution in [0.3, 0.4) is 0 Å². The van der Waals surface area contributed by atoms with Crippen molar-refractivity contribution in [3.63, 3.8) is 0 Å². The summed E-state index contributed by atoms with van der Waals surface area (Å²) in [6, 6.07) is 20.6. The Kier molecular flexibility index (Phi) is 10.3. The smallest absolute Gasteiger partial charge is 0.282 e. The Labute approximate surface area is 284 Å². The summed E-state index contributed by atoms with van der Waals surface area (Å²) < 4.78 is 20.9. The van der Waals surface area contributed by atoms with Crippen molar-refractivity contribution in [3.05, 3.63) is 113 Å². The maximum absolute atomic E-state index is 13.9. The van der Waals surface area contributed by atoms with Crippen molar-refractivity contribution < 1.29 is 14.2 Å². The lowest BCUT2D eigenvalue weighted by atomic mass is 9.96. The number of para-hydroxylation sites is 1. The summed E-state index contributed by atoms with van der Waals surface area (Å²) in [4.78, 5) is 18.8. The Morgan fingerprint density at radius 2 is 1.80 bits per heavy atom. The molecule has 5 aromatic rings.